The normalized spacial score (nSPS) is 18.5. The molecule has 162 valence electrons. The van der Waals surface area contributed by atoms with E-state index in [1.165, 1.54) is 16.6 Å². The van der Waals surface area contributed by atoms with Crippen LogP contribution in [0.1, 0.15) is 41.4 Å². The molecule has 4 rings (SSSR count). The molecule has 7 heteroatoms. The smallest absolute Gasteiger partial charge is 0.251 e. The molecule has 3 aromatic rings. The van der Waals surface area contributed by atoms with Gasteiger partial charge in [-0.1, -0.05) is 44.2 Å². The Bertz CT molecular complexity index is 1090. The first-order chi connectivity index (χ1) is 15.0. The fourth-order valence-corrected chi connectivity index (χ4v) is 4.27. The summed E-state index contributed by atoms with van der Waals surface area (Å²) in [5, 5.41) is 16.1. The molecule has 0 unspecified atom stereocenters. The second kappa shape index (κ2) is 8.91. The second-order valence-corrected chi connectivity index (χ2v) is 8.39. The molecule has 1 fully saturated rings. The average molecular weight is 421 g/mol. The molecule has 0 radical (unpaired) electrons. The topological polar surface area (TPSA) is 95.4 Å². The number of rotatable bonds is 6. The van der Waals surface area contributed by atoms with Crippen molar-refractivity contribution in [3.63, 3.8) is 0 Å². The zero-order valence-electron chi connectivity index (χ0n) is 17.8. The third-order valence-corrected chi connectivity index (χ3v) is 5.97. The second-order valence-electron chi connectivity index (χ2n) is 8.39. The Balaban J connectivity index is 1.49. The molecule has 0 spiro atoms. The Morgan fingerprint density at radius 1 is 1.13 bits per heavy atom. The summed E-state index contributed by atoms with van der Waals surface area (Å²) in [5.41, 5.74) is 5.81. The van der Waals surface area contributed by atoms with E-state index in [0.29, 0.717) is 24.6 Å². The Kier molecular flexibility index (Phi) is 6.06. The quantitative estimate of drug-likeness (QED) is 0.364. The highest BCUT2D eigenvalue weighted by Crippen LogP contribution is 2.26. The van der Waals surface area contributed by atoms with Crippen LogP contribution in [0.25, 0.3) is 10.9 Å². The molecule has 31 heavy (non-hydrogen) atoms. The summed E-state index contributed by atoms with van der Waals surface area (Å²) in [6.07, 6.45) is 0. The van der Waals surface area contributed by atoms with Crippen LogP contribution in [0, 0.1) is 5.92 Å². The molecule has 2 amide bonds. The van der Waals surface area contributed by atoms with E-state index in [1.807, 2.05) is 24.3 Å². The van der Waals surface area contributed by atoms with E-state index in [-0.39, 0.29) is 11.9 Å². The van der Waals surface area contributed by atoms with Crippen LogP contribution in [0.4, 0.5) is 0 Å². The minimum Gasteiger partial charge on any atom is -0.347 e. The molecular formula is C24H28N4O3. The third-order valence-electron chi connectivity index (χ3n) is 5.97. The molecule has 4 N–H and O–H groups in total. The van der Waals surface area contributed by atoms with Gasteiger partial charge in [0.2, 0.25) is 5.91 Å². The minimum absolute atomic E-state index is 0.231. The highest BCUT2D eigenvalue weighted by molar-refractivity contribution is 5.95. The number of carbonyl (C=O) groups excluding carboxylic acids is 2. The lowest BCUT2D eigenvalue weighted by Crippen LogP contribution is -2.45. The molecule has 0 saturated carbocycles. The van der Waals surface area contributed by atoms with Crippen molar-refractivity contribution in [3.05, 3.63) is 71.4 Å². The summed E-state index contributed by atoms with van der Waals surface area (Å²) in [4.78, 5) is 24.4. The van der Waals surface area contributed by atoms with Crippen molar-refractivity contribution >= 4 is 22.7 Å². The van der Waals surface area contributed by atoms with Crippen molar-refractivity contribution in [3.8, 4) is 0 Å². The van der Waals surface area contributed by atoms with Crippen molar-refractivity contribution in [1.29, 1.82) is 0 Å². The fourth-order valence-electron chi connectivity index (χ4n) is 4.27. The predicted octanol–water partition coefficient (Wildman–Crippen LogP) is 2.64. The molecule has 1 aliphatic heterocycles. The largest absolute Gasteiger partial charge is 0.347 e. The Hall–Kier alpha value is -3.16. The molecule has 2 atom stereocenters. The monoisotopic (exact) mass is 420 g/mol. The molecule has 1 saturated heterocycles. The molecule has 0 bridgehead atoms. The van der Waals surface area contributed by atoms with Crippen molar-refractivity contribution in [2.45, 2.75) is 32.4 Å². The lowest BCUT2D eigenvalue weighted by atomic mass is 10.0. The van der Waals surface area contributed by atoms with E-state index >= 15 is 0 Å². The van der Waals surface area contributed by atoms with Gasteiger partial charge in [-0.3, -0.25) is 14.8 Å². The first kappa shape index (κ1) is 21.1. The van der Waals surface area contributed by atoms with E-state index < -0.39 is 11.8 Å². The number of fused-ring (bicyclic) bond motifs is 1. The number of hydrogen-bond donors (Lipinski definition) is 4. The number of para-hydroxylation sites is 1. The van der Waals surface area contributed by atoms with Crippen LogP contribution in [-0.2, 0) is 11.3 Å². The summed E-state index contributed by atoms with van der Waals surface area (Å²) in [6, 6.07) is 17.8. The molecular weight excluding hydrogens is 392 g/mol. The van der Waals surface area contributed by atoms with Gasteiger partial charge in [0, 0.05) is 36.4 Å². The lowest BCUT2D eigenvalue weighted by Gasteiger charge is -2.18. The van der Waals surface area contributed by atoms with Gasteiger partial charge in [-0.2, -0.15) is 0 Å². The number of nitrogens with one attached hydrogen (secondary N) is 3. The van der Waals surface area contributed by atoms with Gasteiger partial charge in [0.05, 0.1) is 12.0 Å². The summed E-state index contributed by atoms with van der Waals surface area (Å²) in [6.45, 7) is 6.02. The average Bonchev–Trinajstić information content (AvgIpc) is 3.38. The van der Waals surface area contributed by atoms with Gasteiger partial charge in [0.25, 0.3) is 5.91 Å². The van der Waals surface area contributed by atoms with Crippen molar-refractivity contribution < 1.29 is 14.8 Å². The summed E-state index contributed by atoms with van der Waals surface area (Å²) in [5.74, 6) is -0.818. The van der Waals surface area contributed by atoms with Crippen molar-refractivity contribution in [1.82, 2.24) is 20.7 Å². The SMILES string of the molecule is CC(C)c1cc2ccccc2n1Cc1ccc(C(=O)N[C@@H]2CNC[C@@H]2C(=O)NO)cc1. The van der Waals surface area contributed by atoms with Crippen LogP contribution in [-0.4, -0.2) is 40.7 Å². The van der Waals surface area contributed by atoms with Gasteiger partial charge in [-0.05, 0) is 41.1 Å². The molecule has 1 aromatic heterocycles. The van der Waals surface area contributed by atoms with E-state index in [2.05, 4.69) is 59.4 Å². The first-order valence-corrected chi connectivity index (χ1v) is 10.6. The highest BCUT2D eigenvalue weighted by Gasteiger charge is 2.34. The van der Waals surface area contributed by atoms with Gasteiger partial charge in [-0.25, -0.2) is 5.48 Å². The zero-order chi connectivity index (χ0) is 22.0. The standard InChI is InChI=1S/C24H28N4O3/c1-15(2)22-11-18-5-3-4-6-21(18)28(22)14-16-7-9-17(10-8-16)23(29)26-20-13-25-12-19(20)24(30)27-31/h3-11,15,19-20,25,31H,12-14H2,1-2H3,(H,26,29)(H,27,30)/t19-,20+/m0/s1. The van der Waals surface area contributed by atoms with Crippen LogP contribution in [0.3, 0.4) is 0 Å². The lowest BCUT2D eigenvalue weighted by molar-refractivity contribution is -0.133. The molecule has 2 heterocycles. The van der Waals surface area contributed by atoms with Crippen molar-refractivity contribution in [2.75, 3.05) is 13.1 Å². The Morgan fingerprint density at radius 3 is 2.58 bits per heavy atom. The number of hydroxylamine groups is 1. The number of benzene rings is 2. The predicted molar refractivity (Wildman–Crippen MR) is 119 cm³/mol. The van der Waals surface area contributed by atoms with Crippen LogP contribution < -0.4 is 16.1 Å². The number of hydrogen-bond acceptors (Lipinski definition) is 4. The third kappa shape index (κ3) is 4.33. The Morgan fingerprint density at radius 2 is 1.87 bits per heavy atom. The maximum atomic E-state index is 12.7. The van der Waals surface area contributed by atoms with Gasteiger partial charge in [0.1, 0.15) is 0 Å². The van der Waals surface area contributed by atoms with Gasteiger partial charge in [-0.15, -0.1) is 0 Å². The van der Waals surface area contributed by atoms with E-state index in [4.69, 9.17) is 5.21 Å². The van der Waals surface area contributed by atoms with Gasteiger partial charge >= 0.3 is 0 Å². The molecule has 7 nitrogen and oxygen atoms in total. The zero-order valence-corrected chi connectivity index (χ0v) is 17.8. The van der Waals surface area contributed by atoms with E-state index in [1.54, 1.807) is 5.48 Å². The number of nitrogens with zero attached hydrogens (tertiary/aromatic N) is 1. The number of carbonyl (C=O) groups is 2. The van der Waals surface area contributed by atoms with Gasteiger partial charge < -0.3 is 15.2 Å². The van der Waals surface area contributed by atoms with Crippen molar-refractivity contribution in [2.24, 2.45) is 5.92 Å². The summed E-state index contributed by atoms with van der Waals surface area (Å²) < 4.78 is 2.33. The maximum absolute atomic E-state index is 12.7. The van der Waals surface area contributed by atoms with Gasteiger partial charge in [0.15, 0.2) is 0 Å². The first-order valence-electron chi connectivity index (χ1n) is 10.6. The fraction of sp³-hybridized carbons (Fsp3) is 0.333. The number of aromatic nitrogens is 1. The van der Waals surface area contributed by atoms with Crippen LogP contribution >= 0.6 is 0 Å². The molecule has 2 aromatic carbocycles. The van der Waals surface area contributed by atoms with Crippen LogP contribution in [0.2, 0.25) is 0 Å². The Labute approximate surface area is 181 Å². The summed E-state index contributed by atoms with van der Waals surface area (Å²) in [7, 11) is 0. The highest BCUT2D eigenvalue weighted by atomic mass is 16.5. The molecule has 1 aliphatic rings. The van der Waals surface area contributed by atoms with E-state index in [0.717, 1.165) is 12.1 Å². The number of amides is 2. The minimum atomic E-state index is -0.496. The van der Waals surface area contributed by atoms with E-state index in [9.17, 15) is 9.59 Å². The van der Waals surface area contributed by atoms with Crippen LogP contribution in [0.15, 0.2) is 54.6 Å². The van der Waals surface area contributed by atoms with Crippen LogP contribution in [0.5, 0.6) is 0 Å². The maximum Gasteiger partial charge on any atom is 0.251 e. The molecule has 0 aliphatic carbocycles. The summed E-state index contributed by atoms with van der Waals surface area (Å²) >= 11 is 0.